The highest BCUT2D eigenvalue weighted by atomic mass is 16.2. The number of hydrogen-bond acceptors (Lipinski definition) is 5. The van der Waals surface area contributed by atoms with Crippen LogP contribution in [-0.2, 0) is 16.0 Å². The molecule has 1 aromatic carbocycles. The number of aryl methyl sites for hydroxylation is 2. The standard InChI is InChI=1S/C19H22N6O2/c1-11-16(23-14(4)26)6-5-7-17(11)24-18(27)9-8-15-12(2)22-19-20-10-21-25(19)13(15)3/h5-7,10H,8-9H2,1-4H3,(H,23,26)(H,24,27). The molecule has 0 saturated carbocycles. The molecule has 3 rings (SSSR count). The molecule has 2 N–H and O–H groups in total. The summed E-state index contributed by atoms with van der Waals surface area (Å²) < 4.78 is 1.68. The van der Waals surface area contributed by atoms with Crippen LogP contribution < -0.4 is 10.6 Å². The van der Waals surface area contributed by atoms with Crippen LogP contribution in [0.15, 0.2) is 24.5 Å². The summed E-state index contributed by atoms with van der Waals surface area (Å²) in [4.78, 5) is 32.3. The normalized spacial score (nSPS) is 10.8. The molecule has 2 amide bonds. The van der Waals surface area contributed by atoms with Crippen LogP contribution in [-0.4, -0.2) is 31.4 Å². The van der Waals surface area contributed by atoms with Gasteiger partial charge in [-0.05, 0) is 50.5 Å². The largest absolute Gasteiger partial charge is 0.326 e. The number of amides is 2. The van der Waals surface area contributed by atoms with Gasteiger partial charge in [-0.3, -0.25) is 9.59 Å². The summed E-state index contributed by atoms with van der Waals surface area (Å²) in [5.41, 5.74) is 4.97. The van der Waals surface area contributed by atoms with Crippen LogP contribution in [0.5, 0.6) is 0 Å². The van der Waals surface area contributed by atoms with Gasteiger partial charge in [0.15, 0.2) is 0 Å². The highest BCUT2D eigenvalue weighted by molar-refractivity contribution is 5.95. The van der Waals surface area contributed by atoms with Crippen molar-refractivity contribution in [1.29, 1.82) is 0 Å². The Morgan fingerprint density at radius 2 is 1.81 bits per heavy atom. The molecule has 27 heavy (non-hydrogen) atoms. The van der Waals surface area contributed by atoms with Crippen molar-refractivity contribution in [3.8, 4) is 0 Å². The molecule has 0 saturated heterocycles. The molecule has 0 spiro atoms. The number of aromatic nitrogens is 4. The molecule has 0 aliphatic carbocycles. The summed E-state index contributed by atoms with van der Waals surface area (Å²) in [5, 5.41) is 9.85. The maximum Gasteiger partial charge on any atom is 0.252 e. The molecule has 2 aromatic heterocycles. The van der Waals surface area contributed by atoms with Crippen molar-refractivity contribution < 1.29 is 9.59 Å². The van der Waals surface area contributed by atoms with Crippen LogP contribution in [0, 0.1) is 20.8 Å². The van der Waals surface area contributed by atoms with E-state index in [0.29, 0.717) is 30.0 Å². The van der Waals surface area contributed by atoms with Crippen molar-refractivity contribution in [1.82, 2.24) is 19.6 Å². The van der Waals surface area contributed by atoms with Gasteiger partial charge in [0.25, 0.3) is 5.78 Å². The lowest BCUT2D eigenvalue weighted by molar-refractivity contribution is -0.116. The second kappa shape index (κ2) is 7.53. The van der Waals surface area contributed by atoms with Gasteiger partial charge in [0.2, 0.25) is 11.8 Å². The lowest BCUT2D eigenvalue weighted by Crippen LogP contribution is -2.16. The van der Waals surface area contributed by atoms with E-state index in [1.165, 1.54) is 13.3 Å². The lowest BCUT2D eigenvalue weighted by atomic mass is 10.1. The number of carbonyl (C=O) groups is 2. The molecule has 0 aliphatic rings. The number of nitrogens with zero attached hydrogens (tertiary/aromatic N) is 4. The third kappa shape index (κ3) is 3.94. The summed E-state index contributed by atoms with van der Waals surface area (Å²) in [7, 11) is 0. The smallest absolute Gasteiger partial charge is 0.252 e. The van der Waals surface area contributed by atoms with E-state index in [0.717, 1.165) is 22.5 Å². The molecule has 0 aliphatic heterocycles. The first-order valence-corrected chi connectivity index (χ1v) is 8.69. The number of anilines is 2. The minimum atomic E-state index is -0.150. The van der Waals surface area contributed by atoms with Gasteiger partial charge < -0.3 is 10.6 Å². The Morgan fingerprint density at radius 1 is 1.11 bits per heavy atom. The Bertz CT molecular complexity index is 1020. The van der Waals surface area contributed by atoms with Crippen molar-refractivity contribution in [3.05, 3.63) is 47.0 Å². The minimum absolute atomic E-state index is 0.101. The number of nitrogens with one attached hydrogen (secondary N) is 2. The van der Waals surface area contributed by atoms with Crippen LogP contribution in [0.3, 0.4) is 0 Å². The highest BCUT2D eigenvalue weighted by Gasteiger charge is 2.13. The number of benzene rings is 1. The second-order valence-electron chi connectivity index (χ2n) is 6.44. The van der Waals surface area contributed by atoms with Crippen LogP contribution in [0.4, 0.5) is 11.4 Å². The maximum absolute atomic E-state index is 12.5. The van der Waals surface area contributed by atoms with E-state index in [2.05, 4.69) is 25.7 Å². The van der Waals surface area contributed by atoms with Crippen molar-refractivity contribution in [2.24, 2.45) is 0 Å². The maximum atomic E-state index is 12.5. The average Bonchev–Trinajstić information content (AvgIpc) is 3.06. The van der Waals surface area contributed by atoms with E-state index in [-0.39, 0.29) is 11.8 Å². The van der Waals surface area contributed by atoms with E-state index >= 15 is 0 Å². The van der Waals surface area contributed by atoms with Crippen LogP contribution in [0.2, 0.25) is 0 Å². The molecule has 0 bridgehead atoms. The monoisotopic (exact) mass is 366 g/mol. The number of carbonyl (C=O) groups excluding carboxylic acids is 2. The molecule has 0 radical (unpaired) electrons. The van der Waals surface area contributed by atoms with Gasteiger partial charge in [-0.1, -0.05) is 6.07 Å². The zero-order valence-electron chi connectivity index (χ0n) is 15.8. The van der Waals surface area contributed by atoms with Crippen molar-refractivity contribution in [2.75, 3.05) is 10.6 Å². The summed E-state index contributed by atoms with van der Waals surface area (Å²) in [6, 6.07) is 5.42. The number of hydrogen-bond donors (Lipinski definition) is 2. The Labute approximate surface area is 157 Å². The molecule has 0 atom stereocenters. The van der Waals surface area contributed by atoms with Crippen LogP contribution in [0.25, 0.3) is 5.78 Å². The molecule has 2 heterocycles. The molecule has 140 valence electrons. The third-order valence-corrected chi connectivity index (χ3v) is 4.51. The first kappa shape index (κ1) is 18.5. The van der Waals surface area contributed by atoms with E-state index in [1.54, 1.807) is 16.6 Å². The van der Waals surface area contributed by atoms with Gasteiger partial charge in [-0.15, -0.1) is 0 Å². The van der Waals surface area contributed by atoms with Crippen LogP contribution in [0.1, 0.15) is 35.9 Å². The Kier molecular flexibility index (Phi) is 5.16. The fourth-order valence-corrected chi connectivity index (χ4v) is 3.06. The van der Waals surface area contributed by atoms with Gasteiger partial charge in [0.1, 0.15) is 6.33 Å². The molecule has 8 heteroatoms. The average molecular weight is 366 g/mol. The van der Waals surface area contributed by atoms with Gasteiger partial charge in [0, 0.05) is 36.1 Å². The summed E-state index contributed by atoms with van der Waals surface area (Å²) >= 11 is 0. The summed E-state index contributed by atoms with van der Waals surface area (Å²) in [6.07, 6.45) is 2.33. The van der Waals surface area contributed by atoms with Gasteiger partial charge in [-0.25, -0.2) is 9.50 Å². The fraction of sp³-hybridized carbons (Fsp3) is 0.316. The quantitative estimate of drug-likeness (QED) is 0.723. The fourth-order valence-electron chi connectivity index (χ4n) is 3.06. The van der Waals surface area contributed by atoms with Crippen molar-refractivity contribution >= 4 is 29.0 Å². The van der Waals surface area contributed by atoms with Gasteiger partial charge >= 0.3 is 0 Å². The van der Waals surface area contributed by atoms with Crippen molar-refractivity contribution in [3.63, 3.8) is 0 Å². The Morgan fingerprint density at radius 3 is 2.52 bits per heavy atom. The first-order valence-electron chi connectivity index (χ1n) is 8.69. The lowest BCUT2D eigenvalue weighted by Gasteiger charge is -2.13. The SMILES string of the molecule is CC(=O)Nc1cccc(NC(=O)CCc2c(C)nc3ncnn3c2C)c1C. The summed E-state index contributed by atoms with van der Waals surface area (Å²) in [5.74, 6) is 0.308. The molecular weight excluding hydrogens is 344 g/mol. The van der Waals surface area contributed by atoms with E-state index < -0.39 is 0 Å². The number of fused-ring (bicyclic) bond motifs is 1. The third-order valence-electron chi connectivity index (χ3n) is 4.51. The zero-order chi connectivity index (χ0) is 19.6. The minimum Gasteiger partial charge on any atom is -0.326 e. The van der Waals surface area contributed by atoms with Gasteiger partial charge in [-0.2, -0.15) is 10.1 Å². The molecule has 0 fully saturated rings. The highest BCUT2D eigenvalue weighted by Crippen LogP contribution is 2.24. The predicted molar refractivity (Wildman–Crippen MR) is 103 cm³/mol. The molecule has 0 unspecified atom stereocenters. The second-order valence-corrected chi connectivity index (χ2v) is 6.44. The first-order chi connectivity index (χ1) is 12.9. The predicted octanol–water partition coefficient (Wildman–Crippen LogP) is 2.58. The summed E-state index contributed by atoms with van der Waals surface area (Å²) in [6.45, 7) is 7.17. The van der Waals surface area contributed by atoms with Gasteiger partial charge in [0.05, 0.1) is 0 Å². The number of rotatable bonds is 5. The Balaban J connectivity index is 1.71. The topological polar surface area (TPSA) is 101 Å². The molecule has 3 aromatic rings. The van der Waals surface area contributed by atoms with E-state index in [1.807, 2.05) is 26.8 Å². The van der Waals surface area contributed by atoms with Crippen molar-refractivity contribution in [2.45, 2.75) is 40.5 Å². The molecule has 8 nitrogen and oxygen atoms in total. The zero-order valence-corrected chi connectivity index (χ0v) is 15.8. The van der Waals surface area contributed by atoms with Crippen LogP contribution >= 0.6 is 0 Å². The van der Waals surface area contributed by atoms with E-state index in [9.17, 15) is 9.59 Å². The van der Waals surface area contributed by atoms with E-state index in [4.69, 9.17) is 0 Å². The Hall–Kier alpha value is -3.29. The molecular formula is C19H22N6O2.